The molecule has 5 rings (SSSR count). The van der Waals surface area contributed by atoms with Crippen LogP contribution < -0.4 is 10.1 Å². The average molecular weight is 476 g/mol. The number of benzene rings is 1. The number of nitrogens with zero attached hydrogens (tertiary/aromatic N) is 6. The minimum atomic E-state index is -0.208. The van der Waals surface area contributed by atoms with Gasteiger partial charge in [0.1, 0.15) is 29.3 Å². The fourth-order valence-corrected chi connectivity index (χ4v) is 4.21. The van der Waals surface area contributed by atoms with Gasteiger partial charge in [-0.1, -0.05) is 23.7 Å². The van der Waals surface area contributed by atoms with Gasteiger partial charge in [-0.2, -0.15) is 0 Å². The molecule has 0 unspecified atom stereocenters. The molecule has 3 heterocycles. The van der Waals surface area contributed by atoms with Gasteiger partial charge in [0.15, 0.2) is 5.82 Å². The SMILES string of the molecule is CCOc1ccc(C(=O)NC2CC(c3nnc(-c4ccncn4)n3-c3ccccc3Cl)C2)nc1. The summed E-state index contributed by atoms with van der Waals surface area (Å²) in [5.41, 5.74) is 1.79. The van der Waals surface area contributed by atoms with Crippen LogP contribution in [-0.4, -0.2) is 48.3 Å². The van der Waals surface area contributed by atoms with Gasteiger partial charge < -0.3 is 10.1 Å². The van der Waals surface area contributed by atoms with E-state index >= 15 is 0 Å². The normalized spacial score (nSPS) is 17.1. The standard InChI is InChI=1S/C24H22ClN7O2/c1-2-34-17-7-8-20(27-13-17)24(33)29-16-11-15(12-16)22-30-31-23(19-9-10-26-14-28-19)32(22)21-6-4-3-5-18(21)25/h3-10,13-16H,2,11-12H2,1H3,(H,29,33). The van der Waals surface area contributed by atoms with Crippen molar-refractivity contribution in [2.45, 2.75) is 31.7 Å². The van der Waals surface area contributed by atoms with E-state index in [4.69, 9.17) is 16.3 Å². The Balaban J connectivity index is 1.34. The minimum absolute atomic E-state index is 0.0183. The average Bonchev–Trinajstić information content (AvgIpc) is 3.27. The number of pyridine rings is 1. The van der Waals surface area contributed by atoms with Crippen molar-refractivity contribution in [1.29, 1.82) is 0 Å². The molecule has 34 heavy (non-hydrogen) atoms. The van der Waals surface area contributed by atoms with Gasteiger partial charge in [-0.05, 0) is 50.1 Å². The molecule has 0 radical (unpaired) electrons. The highest BCUT2D eigenvalue weighted by atomic mass is 35.5. The molecule has 0 atom stereocenters. The van der Waals surface area contributed by atoms with Gasteiger partial charge in [-0.3, -0.25) is 9.36 Å². The Morgan fingerprint density at radius 1 is 1.15 bits per heavy atom. The Bertz CT molecular complexity index is 1290. The third kappa shape index (κ3) is 4.34. The van der Waals surface area contributed by atoms with Crippen molar-refractivity contribution in [3.8, 4) is 23.0 Å². The van der Waals surface area contributed by atoms with Crippen molar-refractivity contribution in [2.75, 3.05) is 6.61 Å². The van der Waals surface area contributed by atoms with Crippen LogP contribution >= 0.6 is 11.6 Å². The summed E-state index contributed by atoms with van der Waals surface area (Å²) in [6.07, 6.45) is 6.16. The Kier molecular flexibility index (Phi) is 6.18. The summed E-state index contributed by atoms with van der Waals surface area (Å²) in [7, 11) is 0. The summed E-state index contributed by atoms with van der Waals surface area (Å²) in [4.78, 5) is 25.1. The number of carbonyl (C=O) groups excluding carboxylic acids is 1. The monoisotopic (exact) mass is 475 g/mol. The van der Waals surface area contributed by atoms with Crippen LogP contribution in [0, 0.1) is 0 Å². The summed E-state index contributed by atoms with van der Waals surface area (Å²) in [5.74, 6) is 1.92. The zero-order valence-electron chi connectivity index (χ0n) is 18.4. The zero-order valence-corrected chi connectivity index (χ0v) is 19.2. The second-order valence-corrected chi connectivity index (χ2v) is 8.32. The quantitative estimate of drug-likeness (QED) is 0.432. The van der Waals surface area contributed by atoms with Crippen molar-refractivity contribution in [3.05, 3.63) is 77.7 Å². The van der Waals surface area contributed by atoms with Gasteiger partial charge >= 0.3 is 0 Å². The first-order chi connectivity index (χ1) is 16.6. The van der Waals surface area contributed by atoms with Gasteiger partial charge in [0.2, 0.25) is 0 Å². The number of para-hydroxylation sites is 1. The molecule has 172 valence electrons. The first-order valence-corrected chi connectivity index (χ1v) is 11.4. The second-order valence-electron chi connectivity index (χ2n) is 7.91. The zero-order chi connectivity index (χ0) is 23.5. The highest BCUT2D eigenvalue weighted by Crippen LogP contribution is 2.39. The lowest BCUT2D eigenvalue weighted by Crippen LogP contribution is -2.44. The summed E-state index contributed by atoms with van der Waals surface area (Å²) in [6, 6.07) is 12.8. The number of ether oxygens (including phenoxy) is 1. The van der Waals surface area contributed by atoms with Crippen LogP contribution in [0.25, 0.3) is 17.2 Å². The molecule has 1 aliphatic rings. The largest absolute Gasteiger partial charge is 0.492 e. The third-order valence-corrected chi connectivity index (χ3v) is 6.03. The lowest BCUT2D eigenvalue weighted by Gasteiger charge is -2.35. The van der Waals surface area contributed by atoms with Gasteiger partial charge in [0.25, 0.3) is 5.91 Å². The maximum absolute atomic E-state index is 12.6. The second kappa shape index (κ2) is 9.56. The summed E-state index contributed by atoms with van der Waals surface area (Å²) in [5, 5.41) is 12.5. The topological polar surface area (TPSA) is 108 Å². The van der Waals surface area contributed by atoms with Crippen LogP contribution in [0.5, 0.6) is 5.75 Å². The number of carbonyl (C=O) groups is 1. The number of aromatic nitrogens is 6. The van der Waals surface area contributed by atoms with Crippen molar-refractivity contribution >= 4 is 17.5 Å². The maximum Gasteiger partial charge on any atom is 0.270 e. The van der Waals surface area contributed by atoms with Crippen LogP contribution in [0.3, 0.4) is 0 Å². The van der Waals surface area contributed by atoms with Crippen LogP contribution in [0.1, 0.15) is 42.0 Å². The maximum atomic E-state index is 12.6. The molecule has 1 aromatic carbocycles. The molecule has 10 heteroatoms. The molecule has 1 amide bonds. The molecule has 0 saturated heterocycles. The summed E-state index contributed by atoms with van der Waals surface area (Å²) >= 11 is 6.53. The Hall–Kier alpha value is -3.85. The van der Waals surface area contributed by atoms with Crippen LogP contribution in [0.15, 0.2) is 61.2 Å². The molecule has 1 saturated carbocycles. The highest BCUT2D eigenvalue weighted by molar-refractivity contribution is 6.32. The number of rotatable bonds is 7. The molecule has 1 N–H and O–H groups in total. The predicted octanol–water partition coefficient (Wildman–Crippen LogP) is 3.85. The van der Waals surface area contributed by atoms with E-state index in [9.17, 15) is 4.79 Å². The first-order valence-electron chi connectivity index (χ1n) is 11.0. The summed E-state index contributed by atoms with van der Waals surface area (Å²) < 4.78 is 7.33. The Morgan fingerprint density at radius 2 is 2.00 bits per heavy atom. The predicted molar refractivity (Wildman–Crippen MR) is 126 cm³/mol. The van der Waals surface area contributed by atoms with E-state index in [1.165, 1.54) is 6.33 Å². The fraction of sp³-hybridized carbons (Fsp3) is 0.250. The molecule has 0 aliphatic heterocycles. The van der Waals surface area contributed by atoms with Crippen molar-refractivity contribution in [1.82, 2.24) is 35.0 Å². The van der Waals surface area contributed by atoms with E-state index in [2.05, 4.69) is 30.5 Å². The van der Waals surface area contributed by atoms with Gasteiger partial charge in [-0.25, -0.2) is 15.0 Å². The number of halogens is 1. The fourth-order valence-electron chi connectivity index (χ4n) is 3.99. The number of hydrogen-bond acceptors (Lipinski definition) is 7. The van der Waals surface area contributed by atoms with E-state index in [0.717, 1.165) is 24.4 Å². The van der Waals surface area contributed by atoms with Crippen molar-refractivity contribution in [2.24, 2.45) is 0 Å². The van der Waals surface area contributed by atoms with Gasteiger partial charge in [0.05, 0.1) is 23.5 Å². The smallest absolute Gasteiger partial charge is 0.270 e. The lowest BCUT2D eigenvalue weighted by atomic mass is 9.79. The van der Waals surface area contributed by atoms with E-state index in [-0.39, 0.29) is 17.9 Å². The number of amides is 1. The molecular weight excluding hydrogens is 454 g/mol. The molecule has 0 spiro atoms. The third-order valence-electron chi connectivity index (χ3n) is 5.71. The molecule has 0 bridgehead atoms. The molecule has 4 aromatic rings. The van der Waals surface area contributed by atoms with E-state index in [1.54, 1.807) is 30.6 Å². The van der Waals surface area contributed by atoms with E-state index in [0.29, 0.717) is 34.6 Å². The Labute approximate surface area is 201 Å². The van der Waals surface area contributed by atoms with Gasteiger partial charge in [-0.15, -0.1) is 10.2 Å². The molecule has 1 fully saturated rings. The van der Waals surface area contributed by atoms with Crippen LogP contribution in [0.4, 0.5) is 0 Å². The molecule has 1 aliphatic carbocycles. The Morgan fingerprint density at radius 3 is 2.71 bits per heavy atom. The number of nitrogens with one attached hydrogen (secondary N) is 1. The van der Waals surface area contributed by atoms with Gasteiger partial charge in [0, 0.05) is 18.2 Å². The molecule has 9 nitrogen and oxygen atoms in total. The van der Waals surface area contributed by atoms with Crippen molar-refractivity contribution in [3.63, 3.8) is 0 Å². The summed E-state index contributed by atoms with van der Waals surface area (Å²) in [6.45, 7) is 2.45. The van der Waals surface area contributed by atoms with Crippen LogP contribution in [-0.2, 0) is 0 Å². The number of hydrogen-bond donors (Lipinski definition) is 1. The van der Waals surface area contributed by atoms with E-state index in [1.807, 2.05) is 35.8 Å². The van der Waals surface area contributed by atoms with Crippen LogP contribution in [0.2, 0.25) is 5.02 Å². The minimum Gasteiger partial charge on any atom is -0.492 e. The van der Waals surface area contributed by atoms with E-state index < -0.39 is 0 Å². The first kappa shape index (κ1) is 22.0. The highest BCUT2D eigenvalue weighted by Gasteiger charge is 2.36. The molecular formula is C24H22ClN7O2. The lowest BCUT2D eigenvalue weighted by molar-refractivity contribution is 0.0902. The molecule has 3 aromatic heterocycles. The van der Waals surface area contributed by atoms with Crippen molar-refractivity contribution < 1.29 is 9.53 Å².